The summed E-state index contributed by atoms with van der Waals surface area (Å²) in [5.41, 5.74) is 0.421. The van der Waals surface area contributed by atoms with Crippen molar-refractivity contribution in [2.75, 3.05) is 18.4 Å². The lowest BCUT2D eigenvalue weighted by atomic mass is 9.89. The van der Waals surface area contributed by atoms with Crippen molar-refractivity contribution in [1.29, 1.82) is 0 Å². The number of pyridine rings is 1. The van der Waals surface area contributed by atoms with Crippen LogP contribution in [0, 0.1) is 23.6 Å². The molecule has 172 valence electrons. The highest BCUT2D eigenvalue weighted by Crippen LogP contribution is 2.47. The second kappa shape index (κ2) is 8.54. The number of rotatable bonds is 6. The van der Waals surface area contributed by atoms with E-state index in [4.69, 9.17) is 11.6 Å². The fourth-order valence-corrected chi connectivity index (χ4v) is 6.94. The van der Waals surface area contributed by atoms with Crippen molar-refractivity contribution >= 4 is 27.1 Å². The first-order valence-corrected chi connectivity index (χ1v) is 13.2. The minimum Gasteiger partial charge on any atom is -0.379 e. The number of halogens is 3. The van der Waals surface area contributed by atoms with Gasteiger partial charge >= 0.3 is 0 Å². The van der Waals surface area contributed by atoms with Crippen LogP contribution in [0.25, 0.3) is 0 Å². The van der Waals surface area contributed by atoms with Crippen molar-refractivity contribution in [3.63, 3.8) is 0 Å². The highest BCUT2D eigenvalue weighted by atomic mass is 35.5. The zero-order valence-electron chi connectivity index (χ0n) is 17.6. The number of nitrogens with zero attached hydrogens (tertiary/aromatic N) is 2. The second-order valence-corrected chi connectivity index (χ2v) is 11.7. The lowest BCUT2D eigenvalue weighted by Crippen LogP contribution is -2.48. The van der Waals surface area contributed by atoms with Gasteiger partial charge in [0, 0.05) is 25.2 Å². The summed E-state index contributed by atoms with van der Waals surface area (Å²) in [6.07, 6.45) is 5.70. The first kappa shape index (κ1) is 22.0. The molecule has 2 saturated carbocycles. The first-order valence-electron chi connectivity index (χ1n) is 11.1. The molecule has 1 aliphatic heterocycles. The summed E-state index contributed by atoms with van der Waals surface area (Å²) in [5, 5.41) is 3.57. The van der Waals surface area contributed by atoms with E-state index < -0.39 is 32.3 Å². The number of hydrogen-bond donors (Lipinski definition) is 1. The molecule has 2 aromatic rings. The molecule has 32 heavy (non-hydrogen) atoms. The van der Waals surface area contributed by atoms with Crippen LogP contribution in [0.1, 0.15) is 37.8 Å². The topological polar surface area (TPSA) is 62.3 Å². The number of hydrogen-bond acceptors (Lipinski definition) is 5. The molecule has 5 rings (SSSR count). The van der Waals surface area contributed by atoms with Gasteiger partial charge < -0.3 is 5.32 Å². The molecule has 2 heterocycles. The number of benzene rings is 1. The summed E-state index contributed by atoms with van der Waals surface area (Å²) in [4.78, 5) is 5.63. The molecular weight excluding hydrogens is 456 g/mol. The molecular formula is C23H26ClF2N3O2S. The molecule has 2 aliphatic carbocycles. The average molecular weight is 482 g/mol. The molecule has 1 saturated heterocycles. The van der Waals surface area contributed by atoms with Crippen molar-refractivity contribution in [2.45, 2.75) is 54.8 Å². The summed E-state index contributed by atoms with van der Waals surface area (Å²) in [5.74, 6) is -0.574. The average Bonchev–Trinajstić information content (AvgIpc) is 3.35. The van der Waals surface area contributed by atoms with Gasteiger partial charge in [-0.15, -0.1) is 0 Å². The smallest absolute Gasteiger partial charge is 0.213 e. The lowest BCUT2D eigenvalue weighted by molar-refractivity contribution is 0.161. The maximum Gasteiger partial charge on any atom is 0.213 e. The van der Waals surface area contributed by atoms with Gasteiger partial charge in [-0.05, 0) is 55.4 Å². The van der Waals surface area contributed by atoms with Crippen LogP contribution in [0.3, 0.4) is 0 Å². The fraction of sp³-hybridized carbons (Fsp3) is 0.522. The molecule has 3 aliphatic rings. The van der Waals surface area contributed by atoms with Crippen LogP contribution in [0.5, 0.6) is 0 Å². The van der Waals surface area contributed by atoms with Crippen LogP contribution >= 0.6 is 11.6 Å². The summed E-state index contributed by atoms with van der Waals surface area (Å²) < 4.78 is 53.8. The fourth-order valence-electron chi connectivity index (χ4n) is 5.30. The van der Waals surface area contributed by atoms with Gasteiger partial charge in [0.05, 0.1) is 22.2 Å². The third-order valence-corrected chi connectivity index (χ3v) is 8.99. The highest BCUT2D eigenvalue weighted by molar-refractivity contribution is 7.90. The molecule has 0 radical (unpaired) electrons. The summed E-state index contributed by atoms with van der Waals surface area (Å²) in [6, 6.07) is 6.74. The van der Waals surface area contributed by atoms with Crippen LogP contribution in [0.2, 0.25) is 5.02 Å². The highest BCUT2D eigenvalue weighted by Gasteiger charge is 2.48. The van der Waals surface area contributed by atoms with Crippen molar-refractivity contribution < 1.29 is 17.2 Å². The predicted molar refractivity (Wildman–Crippen MR) is 119 cm³/mol. The first-order chi connectivity index (χ1) is 15.3. The van der Waals surface area contributed by atoms with Gasteiger partial charge in [0.15, 0.2) is 9.84 Å². The minimum absolute atomic E-state index is 0.0106. The molecule has 5 nitrogen and oxygen atoms in total. The Kier molecular flexibility index (Phi) is 5.88. The van der Waals surface area contributed by atoms with Gasteiger partial charge in [0.2, 0.25) is 5.95 Å². The molecule has 1 aromatic heterocycles. The van der Waals surface area contributed by atoms with E-state index in [9.17, 15) is 17.2 Å². The summed E-state index contributed by atoms with van der Waals surface area (Å²) in [6.45, 7) is 2.28. The van der Waals surface area contributed by atoms with E-state index in [0.717, 1.165) is 56.3 Å². The molecule has 9 heteroatoms. The third-order valence-electron chi connectivity index (χ3n) is 7.01. The second-order valence-electron chi connectivity index (χ2n) is 9.29. The zero-order valence-corrected chi connectivity index (χ0v) is 19.2. The zero-order chi connectivity index (χ0) is 22.5. The number of aromatic nitrogens is 1. The van der Waals surface area contributed by atoms with Crippen LogP contribution in [0.15, 0.2) is 35.2 Å². The molecule has 1 N–H and O–H groups in total. The molecule has 3 unspecified atom stereocenters. The van der Waals surface area contributed by atoms with Crippen molar-refractivity contribution in [2.24, 2.45) is 11.8 Å². The van der Waals surface area contributed by atoms with E-state index in [1.54, 1.807) is 0 Å². The van der Waals surface area contributed by atoms with Gasteiger partial charge in [-0.1, -0.05) is 30.5 Å². The summed E-state index contributed by atoms with van der Waals surface area (Å²) >= 11 is 6.41. The van der Waals surface area contributed by atoms with Crippen LogP contribution in [0.4, 0.5) is 14.5 Å². The predicted octanol–water partition coefficient (Wildman–Crippen LogP) is 4.66. The third kappa shape index (κ3) is 4.50. The number of sulfone groups is 1. The SMILES string of the molecule is O=S(=O)(Cc1cccc(F)n1)c1cc(Cl)c(NC2CCCC[C@@H]2N2CC3CC3C2)cc1F. The quantitative estimate of drug-likeness (QED) is 0.608. The van der Waals surface area contributed by atoms with Crippen LogP contribution in [-0.2, 0) is 15.6 Å². The molecule has 1 aromatic carbocycles. The minimum atomic E-state index is -4.08. The molecule has 4 atom stereocenters. The maximum atomic E-state index is 14.9. The Labute approximate surface area is 192 Å². The Morgan fingerprint density at radius 2 is 1.88 bits per heavy atom. The number of nitrogens with one attached hydrogen (secondary N) is 1. The lowest BCUT2D eigenvalue weighted by Gasteiger charge is -2.39. The summed E-state index contributed by atoms with van der Waals surface area (Å²) in [7, 11) is -4.08. The maximum absolute atomic E-state index is 14.9. The Balaban J connectivity index is 1.35. The largest absolute Gasteiger partial charge is 0.379 e. The standard InChI is InChI=1S/C23H26ClF2N3O2S/c24-17-9-22(32(30,31)13-16-4-3-7-23(26)27-16)18(25)10-20(17)28-19-5-1-2-6-21(19)29-11-14-8-15(14)12-29/h3-4,7,9-10,14-15,19,21,28H,1-2,5-6,8,11-13H2/t14?,15?,19?,21-/m0/s1. The normalized spacial score (nSPS) is 27.8. The Morgan fingerprint density at radius 3 is 2.62 bits per heavy atom. The molecule has 0 amide bonds. The Bertz CT molecular complexity index is 1120. The van der Waals surface area contributed by atoms with Crippen LogP contribution < -0.4 is 5.32 Å². The van der Waals surface area contributed by atoms with Gasteiger partial charge in [-0.25, -0.2) is 17.8 Å². The Morgan fingerprint density at radius 1 is 1.12 bits per heavy atom. The van der Waals surface area contributed by atoms with Gasteiger partial charge in [0.1, 0.15) is 10.7 Å². The number of likely N-dealkylation sites (tertiary alicyclic amines) is 1. The van der Waals surface area contributed by atoms with Gasteiger partial charge in [-0.3, -0.25) is 4.90 Å². The van der Waals surface area contributed by atoms with Crippen molar-refractivity contribution in [3.05, 3.63) is 52.8 Å². The van der Waals surface area contributed by atoms with Gasteiger partial charge in [0.25, 0.3) is 0 Å². The van der Waals surface area contributed by atoms with E-state index in [0.29, 0.717) is 11.7 Å². The van der Waals surface area contributed by atoms with Crippen molar-refractivity contribution in [1.82, 2.24) is 9.88 Å². The monoisotopic (exact) mass is 481 g/mol. The van der Waals surface area contributed by atoms with Crippen LogP contribution in [-0.4, -0.2) is 43.5 Å². The van der Waals surface area contributed by atoms with E-state index in [-0.39, 0.29) is 16.8 Å². The van der Waals surface area contributed by atoms with Gasteiger partial charge in [-0.2, -0.15) is 4.39 Å². The molecule has 0 bridgehead atoms. The van der Waals surface area contributed by atoms with E-state index in [1.807, 2.05) is 0 Å². The van der Waals surface area contributed by atoms with E-state index in [2.05, 4.69) is 15.2 Å². The van der Waals surface area contributed by atoms with Crippen molar-refractivity contribution in [3.8, 4) is 0 Å². The Hall–Kier alpha value is -1.77. The number of fused-ring (bicyclic) bond motifs is 1. The number of anilines is 1. The number of piperidine rings is 1. The van der Waals surface area contributed by atoms with E-state index in [1.165, 1.54) is 31.0 Å². The van der Waals surface area contributed by atoms with E-state index >= 15 is 0 Å². The molecule has 0 spiro atoms. The molecule has 3 fully saturated rings.